The first-order valence-electron chi connectivity index (χ1n) is 5.21. The van der Waals surface area contributed by atoms with E-state index in [1.807, 2.05) is 23.1 Å². The van der Waals surface area contributed by atoms with Crippen molar-refractivity contribution < 1.29 is 0 Å². The first-order chi connectivity index (χ1) is 6.77. The first kappa shape index (κ1) is 10.5. The number of rotatable bonds is 3. The van der Waals surface area contributed by atoms with Crippen LogP contribution in [0.2, 0.25) is 0 Å². The fourth-order valence-electron chi connectivity index (χ4n) is 1.70. The topological polar surface area (TPSA) is 12.0 Å². The molecular weight excluding hydrogens is 210 g/mol. The van der Waals surface area contributed by atoms with Gasteiger partial charge in [-0.2, -0.15) is 0 Å². The van der Waals surface area contributed by atoms with Gasteiger partial charge in [0.1, 0.15) is 0 Å². The number of hydrogen-bond donors (Lipinski definition) is 1. The van der Waals surface area contributed by atoms with E-state index in [1.54, 1.807) is 0 Å². The molecule has 1 aliphatic heterocycles. The van der Waals surface area contributed by atoms with Crippen LogP contribution < -0.4 is 5.32 Å². The van der Waals surface area contributed by atoms with Gasteiger partial charge in [-0.05, 0) is 35.9 Å². The van der Waals surface area contributed by atoms with Gasteiger partial charge in [0.2, 0.25) is 0 Å². The summed E-state index contributed by atoms with van der Waals surface area (Å²) < 4.78 is 1.53. The molecule has 1 atom stereocenters. The van der Waals surface area contributed by atoms with E-state index in [-0.39, 0.29) is 0 Å². The van der Waals surface area contributed by atoms with Gasteiger partial charge in [-0.1, -0.05) is 13.8 Å². The second-order valence-corrected chi connectivity index (χ2v) is 6.43. The predicted octanol–water partition coefficient (Wildman–Crippen LogP) is 3.53. The van der Waals surface area contributed by atoms with Crippen LogP contribution in [0.5, 0.6) is 0 Å². The third-order valence-electron chi connectivity index (χ3n) is 2.45. The summed E-state index contributed by atoms with van der Waals surface area (Å²) in [6.07, 6.45) is 1.28. The average molecular weight is 227 g/mol. The highest BCUT2D eigenvalue weighted by atomic mass is 32.2. The van der Waals surface area contributed by atoms with Crippen molar-refractivity contribution in [3.05, 3.63) is 17.0 Å². The minimum Gasteiger partial charge on any atom is -0.310 e. The van der Waals surface area contributed by atoms with E-state index in [0.717, 1.165) is 12.5 Å². The van der Waals surface area contributed by atoms with E-state index in [0.29, 0.717) is 6.04 Å². The molecule has 1 aromatic heterocycles. The van der Waals surface area contributed by atoms with Crippen molar-refractivity contribution in [1.29, 1.82) is 0 Å². The van der Waals surface area contributed by atoms with Gasteiger partial charge in [0, 0.05) is 11.8 Å². The molecule has 14 heavy (non-hydrogen) atoms. The highest BCUT2D eigenvalue weighted by Gasteiger charge is 2.20. The molecule has 1 N–H and O–H groups in total. The molecule has 3 heteroatoms. The summed E-state index contributed by atoms with van der Waals surface area (Å²) in [4.78, 5) is 0. The number of thioether (sulfide) groups is 1. The van der Waals surface area contributed by atoms with Crippen LogP contribution >= 0.6 is 23.1 Å². The van der Waals surface area contributed by atoms with Crippen LogP contribution in [0.4, 0.5) is 0 Å². The first-order valence-corrected chi connectivity index (χ1v) is 7.07. The van der Waals surface area contributed by atoms with Gasteiger partial charge in [0.25, 0.3) is 0 Å². The lowest BCUT2D eigenvalue weighted by Gasteiger charge is -2.24. The molecule has 0 aliphatic carbocycles. The van der Waals surface area contributed by atoms with Crippen LogP contribution in [-0.4, -0.2) is 12.3 Å². The van der Waals surface area contributed by atoms with E-state index in [2.05, 4.69) is 30.6 Å². The van der Waals surface area contributed by atoms with Crippen molar-refractivity contribution in [3.63, 3.8) is 0 Å². The van der Waals surface area contributed by atoms with Crippen molar-refractivity contribution in [2.24, 2.45) is 5.92 Å². The van der Waals surface area contributed by atoms with Crippen LogP contribution in [0.1, 0.15) is 31.9 Å². The van der Waals surface area contributed by atoms with Crippen molar-refractivity contribution in [3.8, 4) is 0 Å². The molecule has 0 fully saturated rings. The lowest BCUT2D eigenvalue weighted by atomic mass is 10.1. The number of hydrogen-bond acceptors (Lipinski definition) is 3. The highest BCUT2D eigenvalue weighted by molar-refractivity contribution is 8.01. The Labute approximate surface area is 94.3 Å². The molecule has 1 aliphatic rings. The Morgan fingerprint density at radius 1 is 1.57 bits per heavy atom. The molecule has 0 saturated heterocycles. The Morgan fingerprint density at radius 2 is 2.43 bits per heavy atom. The maximum absolute atomic E-state index is 3.66. The minimum atomic E-state index is 0.611. The largest absolute Gasteiger partial charge is 0.310 e. The van der Waals surface area contributed by atoms with Gasteiger partial charge in [-0.15, -0.1) is 23.1 Å². The van der Waals surface area contributed by atoms with Gasteiger partial charge in [0.15, 0.2) is 0 Å². The van der Waals surface area contributed by atoms with E-state index in [9.17, 15) is 0 Å². The quantitative estimate of drug-likeness (QED) is 0.848. The molecule has 0 unspecified atom stereocenters. The summed E-state index contributed by atoms with van der Waals surface area (Å²) in [5.74, 6) is 2.01. The van der Waals surface area contributed by atoms with Crippen molar-refractivity contribution in [1.82, 2.24) is 5.32 Å². The summed E-state index contributed by atoms with van der Waals surface area (Å²) >= 11 is 3.90. The third-order valence-corrected chi connectivity index (χ3v) is 4.75. The third kappa shape index (κ3) is 2.33. The standard InChI is InChI=1S/C11H17NS2/c1-8(2)7-12-10-4-6-14-11-9(10)3-5-13-11/h3,5,8,10,12H,4,6-7H2,1-2H3/t10-/m0/s1. The lowest BCUT2D eigenvalue weighted by Crippen LogP contribution is -2.27. The Bertz CT molecular complexity index is 293. The van der Waals surface area contributed by atoms with Crippen LogP contribution in [0.25, 0.3) is 0 Å². The van der Waals surface area contributed by atoms with Gasteiger partial charge in [0.05, 0.1) is 4.21 Å². The fraction of sp³-hybridized carbons (Fsp3) is 0.636. The molecule has 0 saturated carbocycles. The molecular formula is C11H17NS2. The molecule has 0 spiro atoms. The maximum atomic E-state index is 3.66. The van der Waals surface area contributed by atoms with Gasteiger partial charge in [-0.3, -0.25) is 0 Å². The summed E-state index contributed by atoms with van der Waals surface area (Å²) in [5, 5.41) is 5.87. The molecule has 1 nitrogen and oxygen atoms in total. The van der Waals surface area contributed by atoms with Crippen molar-refractivity contribution in [2.75, 3.05) is 12.3 Å². The molecule has 1 aromatic rings. The SMILES string of the molecule is CC(C)CN[C@H]1CCSc2sccc21. The Hall–Kier alpha value is 0.0100. The summed E-state index contributed by atoms with van der Waals surface area (Å²) in [7, 11) is 0. The fourth-order valence-corrected chi connectivity index (χ4v) is 3.99. The van der Waals surface area contributed by atoms with Gasteiger partial charge < -0.3 is 5.32 Å². The average Bonchev–Trinajstić information content (AvgIpc) is 2.62. The molecule has 2 rings (SSSR count). The number of thiophene rings is 1. The molecule has 0 bridgehead atoms. The normalized spacial score (nSPS) is 21.2. The van der Waals surface area contributed by atoms with Crippen LogP contribution in [0.3, 0.4) is 0 Å². The maximum Gasteiger partial charge on any atom is 0.0646 e. The van der Waals surface area contributed by atoms with Crippen LogP contribution in [0, 0.1) is 5.92 Å². The number of fused-ring (bicyclic) bond motifs is 1. The molecule has 0 radical (unpaired) electrons. The van der Waals surface area contributed by atoms with E-state index in [1.165, 1.54) is 21.9 Å². The predicted molar refractivity (Wildman–Crippen MR) is 65.2 cm³/mol. The zero-order valence-corrected chi connectivity index (χ0v) is 10.4. The minimum absolute atomic E-state index is 0.611. The molecule has 0 aromatic carbocycles. The summed E-state index contributed by atoms with van der Waals surface area (Å²) in [5.41, 5.74) is 1.53. The second kappa shape index (κ2) is 4.69. The molecule has 0 amide bonds. The molecule has 2 heterocycles. The van der Waals surface area contributed by atoms with Crippen molar-refractivity contribution >= 4 is 23.1 Å². The monoisotopic (exact) mass is 227 g/mol. The van der Waals surface area contributed by atoms with Crippen LogP contribution in [-0.2, 0) is 0 Å². The summed E-state index contributed by atoms with van der Waals surface area (Å²) in [6, 6.07) is 2.89. The van der Waals surface area contributed by atoms with Crippen molar-refractivity contribution in [2.45, 2.75) is 30.5 Å². The Kier molecular flexibility index (Phi) is 3.52. The van der Waals surface area contributed by atoms with E-state index >= 15 is 0 Å². The zero-order chi connectivity index (χ0) is 9.97. The van der Waals surface area contributed by atoms with Gasteiger partial charge in [-0.25, -0.2) is 0 Å². The Morgan fingerprint density at radius 3 is 3.21 bits per heavy atom. The molecule has 78 valence electrons. The van der Waals surface area contributed by atoms with E-state index < -0.39 is 0 Å². The lowest BCUT2D eigenvalue weighted by molar-refractivity contribution is 0.461. The second-order valence-electron chi connectivity index (χ2n) is 4.16. The highest BCUT2D eigenvalue weighted by Crippen LogP contribution is 2.39. The summed E-state index contributed by atoms with van der Waals surface area (Å²) in [6.45, 7) is 5.66. The van der Waals surface area contributed by atoms with Crippen LogP contribution in [0.15, 0.2) is 15.7 Å². The van der Waals surface area contributed by atoms with E-state index in [4.69, 9.17) is 0 Å². The Balaban J connectivity index is 2.01. The number of nitrogens with one attached hydrogen (secondary N) is 1. The van der Waals surface area contributed by atoms with Gasteiger partial charge >= 0.3 is 0 Å². The smallest absolute Gasteiger partial charge is 0.0646 e. The zero-order valence-electron chi connectivity index (χ0n) is 8.75.